The molecule has 0 saturated carbocycles. The summed E-state index contributed by atoms with van der Waals surface area (Å²) in [6.07, 6.45) is -4.23. The van der Waals surface area contributed by atoms with Crippen molar-refractivity contribution in [3.8, 4) is 0 Å². The minimum absolute atomic E-state index is 0.127. The van der Waals surface area contributed by atoms with Crippen molar-refractivity contribution in [1.82, 2.24) is 0 Å². The van der Waals surface area contributed by atoms with Gasteiger partial charge >= 0.3 is 6.18 Å². The number of halogens is 3. The summed E-state index contributed by atoms with van der Waals surface area (Å²) in [7, 11) is 0. The fourth-order valence-corrected chi connectivity index (χ4v) is 1.07. The maximum Gasteiger partial charge on any atom is 0.416 e. The Hall–Kier alpha value is -0.925. The molecule has 0 aliphatic carbocycles. The Morgan fingerprint density at radius 1 is 1.15 bits per heavy atom. The summed E-state index contributed by atoms with van der Waals surface area (Å²) in [6, 6.07) is 5.44. The second-order valence-corrected chi connectivity index (χ2v) is 3.28. The molecule has 0 radical (unpaired) electrons. The van der Waals surface area contributed by atoms with E-state index < -0.39 is 11.7 Å². The zero-order valence-corrected chi connectivity index (χ0v) is 7.52. The molecule has 0 bridgehead atoms. The molecule has 0 atom stereocenters. The maximum absolute atomic E-state index is 12.2. The Morgan fingerprint density at radius 2 is 1.77 bits per heavy atom. The van der Waals surface area contributed by atoms with Crippen molar-refractivity contribution in [2.24, 2.45) is 0 Å². The zero-order chi connectivity index (χ0) is 10.1. The zero-order valence-electron chi connectivity index (χ0n) is 7.52. The van der Waals surface area contributed by atoms with Gasteiger partial charge in [-0.25, -0.2) is 0 Å². The first-order valence-electron chi connectivity index (χ1n) is 4.08. The highest BCUT2D eigenvalue weighted by atomic mass is 19.4. The third-order valence-corrected chi connectivity index (χ3v) is 1.88. The van der Waals surface area contributed by atoms with Crippen LogP contribution in [0.15, 0.2) is 24.3 Å². The summed E-state index contributed by atoms with van der Waals surface area (Å²) in [6.45, 7) is 3.87. The van der Waals surface area contributed by atoms with Crippen LogP contribution in [0.2, 0.25) is 13.6 Å². The third-order valence-electron chi connectivity index (χ3n) is 1.88. The predicted octanol–water partition coefficient (Wildman–Crippen LogP) is 2.67. The first-order chi connectivity index (χ1) is 5.91. The van der Waals surface area contributed by atoms with E-state index in [1.54, 1.807) is 6.07 Å². The molecule has 0 fully saturated rings. The minimum Gasteiger partial charge on any atom is -0.166 e. The second kappa shape index (κ2) is 3.44. The topological polar surface area (TPSA) is 0 Å². The van der Waals surface area contributed by atoms with Crippen LogP contribution < -0.4 is 5.46 Å². The molecular weight excluding hydrogens is 176 g/mol. The Morgan fingerprint density at radius 3 is 2.23 bits per heavy atom. The second-order valence-electron chi connectivity index (χ2n) is 3.28. The van der Waals surface area contributed by atoms with Gasteiger partial charge in [-0.15, -0.1) is 0 Å². The van der Waals surface area contributed by atoms with Crippen molar-refractivity contribution in [1.29, 1.82) is 0 Å². The fourth-order valence-electron chi connectivity index (χ4n) is 1.07. The SMILES string of the molecule is CB(C)c1cccc(C(F)(F)F)c1. The lowest BCUT2D eigenvalue weighted by atomic mass is 9.49. The van der Waals surface area contributed by atoms with Crippen LogP contribution in [-0.2, 0) is 6.18 Å². The van der Waals surface area contributed by atoms with E-state index in [9.17, 15) is 13.2 Å². The van der Waals surface area contributed by atoms with Crippen molar-refractivity contribution < 1.29 is 13.2 Å². The highest BCUT2D eigenvalue weighted by molar-refractivity contribution is 6.70. The third kappa shape index (κ3) is 2.51. The quantitative estimate of drug-likeness (QED) is 0.591. The van der Waals surface area contributed by atoms with E-state index in [1.807, 2.05) is 13.6 Å². The first kappa shape index (κ1) is 10.2. The van der Waals surface area contributed by atoms with Crippen molar-refractivity contribution in [3.05, 3.63) is 29.8 Å². The number of rotatable bonds is 1. The standard InChI is InChI=1S/C9H10BF3/c1-10(2)8-5-3-4-7(6-8)9(11,12)13/h3-6H,1-2H3. The fraction of sp³-hybridized carbons (Fsp3) is 0.333. The maximum atomic E-state index is 12.2. The molecule has 0 N–H and O–H groups in total. The van der Waals surface area contributed by atoms with E-state index >= 15 is 0 Å². The molecule has 1 aromatic carbocycles. The van der Waals surface area contributed by atoms with Crippen LogP contribution in [0.1, 0.15) is 5.56 Å². The van der Waals surface area contributed by atoms with E-state index in [4.69, 9.17) is 0 Å². The molecule has 0 nitrogen and oxygen atoms in total. The molecule has 0 heterocycles. The predicted molar refractivity (Wildman–Crippen MR) is 48.6 cm³/mol. The van der Waals surface area contributed by atoms with Gasteiger partial charge in [-0.2, -0.15) is 13.2 Å². The van der Waals surface area contributed by atoms with Gasteiger partial charge in [-0.1, -0.05) is 43.4 Å². The Balaban J connectivity index is 3.06. The van der Waals surface area contributed by atoms with Gasteiger partial charge < -0.3 is 0 Å². The molecule has 4 heteroatoms. The summed E-state index contributed by atoms with van der Waals surface area (Å²) in [5.74, 6) is 0. The lowest BCUT2D eigenvalue weighted by Gasteiger charge is -2.09. The molecule has 0 saturated heterocycles. The Bertz CT molecular complexity index is 291. The molecule has 0 amide bonds. The molecule has 1 aromatic rings. The van der Waals surface area contributed by atoms with Crippen LogP contribution in [0.5, 0.6) is 0 Å². The van der Waals surface area contributed by atoms with Crippen LogP contribution >= 0.6 is 0 Å². The highest BCUT2D eigenvalue weighted by Gasteiger charge is 2.30. The minimum atomic E-state index is -4.23. The molecular formula is C9H10BF3. The summed E-state index contributed by atoms with van der Waals surface area (Å²) in [5, 5.41) is 0. The van der Waals surface area contributed by atoms with Crippen LogP contribution in [0, 0.1) is 0 Å². The van der Waals surface area contributed by atoms with E-state index in [2.05, 4.69) is 0 Å². The normalized spacial score (nSPS) is 11.5. The van der Waals surface area contributed by atoms with E-state index in [1.165, 1.54) is 12.1 Å². The van der Waals surface area contributed by atoms with Gasteiger partial charge in [0, 0.05) is 0 Å². The number of alkyl halides is 3. The Kier molecular flexibility index (Phi) is 2.69. The summed E-state index contributed by atoms with van der Waals surface area (Å²) >= 11 is 0. The average Bonchev–Trinajstić information content (AvgIpc) is 2.03. The van der Waals surface area contributed by atoms with E-state index in [0.29, 0.717) is 0 Å². The van der Waals surface area contributed by atoms with E-state index in [0.717, 1.165) is 11.5 Å². The molecule has 13 heavy (non-hydrogen) atoms. The molecule has 70 valence electrons. The number of hydrogen-bond donors (Lipinski definition) is 0. The van der Waals surface area contributed by atoms with Crippen molar-refractivity contribution in [3.63, 3.8) is 0 Å². The lowest BCUT2D eigenvalue weighted by Crippen LogP contribution is -2.24. The van der Waals surface area contributed by atoms with Gasteiger partial charge in [-0.3, -0.25) is 0 Å². The molecule has 0 aromatic heterocycles. The molecule has 1 rings (SSSR count). The summed E-state index contributed by atoms with van der Waals surface area (Å²) in [4.78, 5) is 0. The average molecular weight is 186 g/mol. The smallest absolute Gasteiger partial charge is 0.166 e. The summed E-state index contributed by atoms with van der Waals surface area (Å²) in [5.41, 5.74) is 0.147. The van der Waals surface area contributed by atoms with Gasteiger partial charge in [0.05, 0.1) is 5.56 Å². The largest absolute Gasteiger partial charge is 0.416 e. The lowest BCUT2D eigenvalue weighted by molar-refractivity contribution is -0.137. The van der Waals surface area contributed by atoms with Gasteiger partial charge in [0.15, 0.2) is 6.71 Å². The van der Waals surface area contributed by atoms with Crippen LogP contribution in [0.3, 0.4) is 0 Å². The first-order valence-corrected chi connectivity index (χ1v) is 4.08. The molecule has 0 spiro atoms. The number of benzene rings is 1. The van der Waals surface area contributed by atoms with Crippen LogP contribution in [0.25, 0.3) is 0 Å². The van der Waals surface area contributed by atoms with Crippen molar-refractivity contribution >= 4 is 12.2 Å². The monoisotopic (exact) mass is 186 g/mol. The number of hydrogen-bond acceptors (Lipinski definition) is 0. The van der Waals surface area contributed by atoms with Crippen molar-refractivity contribution in [2.45, 2.75) is 19.8 Å². The Labute approximate surface area is 75.8 Å². The van der Waals surface area contributed by atoms with Gasteiger partial charge in [-0.05, 0) is 0 Å². The molecule has 0 aliphatic rings. The van der Waals surface area contributed by atoms with E-state index in [-0.39, 0.29) is 6.71 Å². The molecule has 0 aliphatic heterocycles. The molecule has 0 unspecified atom stereocenters. The van der Waals surface area contributed by atoms with Gasteiger partial charge in [0.1, 0.15) is 0 Å². The van der Waals surface area contributed by atoms with Crippen LogP contribution in [-0.4, -0.2) is 6.71 Å². The highest BCUT2D eigenvalue weighted by Crippen LogP contribution is 2.28. The van der Waals surface area contributed by atoms with Gasteiger partial charge in [0.2, 0.25) is 0 Å². The summed E-state index contributed by atoms with van der Waals surface area (Å²) < 4.78 is 36.7. The van der Waals surface area contributed by atoms with Crippen molar-refractivity contribution in [2.75, 3.05) is 0 Å². The van der Waals surface area contributed by atoms with Gasteiger partial charge in [0.25, 0.3) is 0 Å². The van der Waals surface area contributed by atoms with Crippen LogP contribution in [0.4, 0.5) is 13.2 Å².